The number of piperazine rings is 1. The van der Waals surface area contributed by atoms with Gasteiger partial charge in [-0.15, -0.1) is 0 Å². The molecule has 1 saturated heterocycles. The van der Waals surface area contributed by atoms with Crippen LogP contribution in [0.2, 0.25) is 0 Å². The molecule has 0 unspecified atom stereocenters. The lowest BCUT2D eigenvalue weighted by atomic mass is 10.1. The molecule has 0 radical (unpaired) electrons. The van der Waals surface area contributed by atoms with Crippen LogP contribution in [0.4, 0.5) is 0 Å². The molecule has 2 aromatic carbocycles. The van der Waals surface area contributed by atoms with Gasteiger partial charge in [0.25, 0.3) is 5.91 Å². The number of para-hydroxylation sites is 1. The minimum atomic E-state index is -3.57. The molecule has 4 rings (SSSR count). The zero-order valence-electron chi connectivity index (χ0n) is 16.5. The summed E-state index contributed by atoms with van der Waals surface area (Å²) in [6, 6.07) is 14.7. The topological polar surface area (TPSA) is 70.6 Å². The maximum absolute atomic E-state index is 13.1. The molecule has 0 N–H and O–H groups in total. The first kappa shape index (κ1) is 19.5. The Bertz CT molecular complexity index is 1180. The largest absolute Gasteiger partial charge is 0.336 e. The average Bonchev–Trinajstić information content (AvgIpc) is 2.72. The lowest BCUT2D eigenvalue weighted by molar-refractivity contribution is 0.0699. The molecule has 0 aliphatic carbocycles. The lowest BCUT2D eigenvalue weighted by Gasteiger charge is -2.34. The van der Waals surface area contributed by atoms with Gasteiger partial charge in [-0.2, -0.15) is 4.31 Å². The summed E-state index contributed by atoms with van der Waals surface area (Å²) < 4.78 is 27.6. The second-order valence-corrected chi connectivity index (χ2v) is 9.25. The summed E-state index contributed by atoms with van der Waals surface area (Å²) in [6.07, 6.45) is 1.67. The van der Waals surface area contributed by atoms with Crippen molar-refractivity contribution in [2.75, 3.05) is 26.2 Å². The standard InChI is InChI=1S/C22H23N3O3S/c1-16-8-9-20(17(2)15-16)29(27,28)25-13-11-24(12-14-25)22(26)19-7-3-5-18-6-4-10-23-21(18)19/h3-10,15H,11-14H2,1-2H3. The predicted octanol–water partition coefficient (Wildman–Crippen LogP) is 3.00. The number of carbonyl (C=O) groups is 1. The molecule has 0 saturated carbocycles. The molecule has 0 spiro atoms. The van der Waals surface area contributed by atoms with E-state index in [1.165, 1.54) is 4.31 Å². The van der Waals surface area contributed by atoms with E-state index in [1.807, 2.05) is 50.2 Å². The van der Waals surface area contributed by atoms with Crippen molar-refractivity contribution in [1.29, 1.82) is 0 Å². The van der Waals surface area contributed by atoms with E-state index in [1.54, 1.807) is 23.2 Å². The van der Waals surface area contributed by atoms with E-state index < -0.39 is 10.0 Å². The van der Waals surface area contributed by atoms with Gasteiger partial charge in [-0.3, -0.25) is 9.78 Å². The van der Waals surface area contributed by atoms with Crippen LogP contribution in [-0.4, -0.2) is 54.7 Å². The molecule has 1 aliphatic heterocycles. The number of hydrogen-bond acceptors (Lipinski definition) is 4. The molecule has 7 heteroatoms. The molecule has 6 nitrogen and oxygen atoms in total. The molecule has 150 valence electrons. The van der Waals surface area contributed by atoms with Crippen LogP contribution in [0.15, 0.2) is 59.6 Å². The van der Waals surface area contributed by atoms with E-state index in [2.05, 4.69) is 4.98 Å². The molecular formula is C22H23N3O3S. The third-order valence-electron chi connectivity index (χ3n) is 5.34. The maximum atomic E-state index is 13.1. The van der Waals surface area contributed by atoms with Crippen molar-refractivity contribution < 1.29 is 13.2 Å². The number of rotatable bonds is 3. The quantitative estimate of drug-likeness (QED) is 0.667. The summed E-state index contributed by atoms with van der Waals surface area (Å²) in [6.45, 7) is 5.01. The van der Waals surface area contributed by atoms with Crippen molar-refractivity contribution in [1.82, 2.24) is 14.2 Å². The normalized spacial score (nSPS) is 15.6. The fourth-order valence-electron chi connectivity index (χ4n) is 3.81. The maximum Gasteiger partial charge on any atom is 0.256 e. The molecule has 1 amide bonds. The van der Waals surface area contributed by atoms with Crippen molar-refractivity contribution in [3.8, 4) is 0 Å². The van der Waals surface area contributed by atoms with E-state index in [0.717, 1.165) is 16.5 Å². The zero-order chi connectivity index (χ0) is 20.6. The van der Waals surface area contributed by atoms with Gasteiger partial charge in [0.2, 0.25) is 10.0 Å². The third-order valence-corrected chi connectivity index (χ3v) is 7.40. The Kier molecular flexibility index (Phi) is 5.10. The highest BCUT2D eigenvalue weighted by Gasteiger charge is 2.31. The molecule has 2 heterocycles. The summed E-state index contributed by atoms with van der Waals surface area (Å²) in [5.41, 5.74) is 2.99. The zero-order valence-corrected chi connectivity index (χ0v) is 17.3. The van der Waals surface area contributed by atoms with Crippen molar-refractivity contribution >= 4 is 26.8 Å². The second kappa shape index (κ2) is 7.57. The van der Waals surface area contributed by atoms with Crippen LogP contribution in [-0.2, 0) is 10.0 Å². The van der Waals surface area contributed by atoms with Crippen LogP contribution < -0.4 is 0 Å². The number of fused-ring (bicyclic) bond motifs is 1. The van der Waals surface area contributed by atoms with E-state index in [0.29, 0.717) is 29.1 Å². The number of benzene rings is 2. The monoisotopic (exact) mass is 409 g/mol. The Morgan fingerprint density at radius 3 is 2.41 bits per heavy atom. The van der Waals surface area contributed by atoms with Crippen LogP contribution >= 0.6 is 0 Å². The van der Waals surface area contributed by atoms with E-state index >= 15 is 0 Å². The van der Waals surface area contributed by atoms with Gasteiger partial charge in [0.15, 0.2) is 0 Å². The Hall–Kier alpha value is -2.77. The number of aryl methyl sites for hydroxylation is 2. The van der Waals surface area contributed by atoms with Gasteiger partial charge in [0, 0.05) is 37.8 Å². The Morgan fingerprint density at radius 2 is 1.69 bits per heavy atom. The van der Waals surface area contributed by atoms with Crippen LogP contribution in [0.25, 0.3) is 10.9 Å². The van der Waals surface area contributed by atoms with E-state index in [-0.39, 0.29) is 19.0 Å². The first-order valence-electron chi connectivity index (χ1n) is 9.58. The van der Waals surface area contributed by atoms with E-state index in [4.69, 9.17) is 0 Å². The molecule has 3 aromatic rings. The van der Waals surface area contributed by atoms with Crippen LogP contribution in [0, 0.1) is 13.8 Å². The number of pyridine rings is 1. The van der Waals surface area contributed by atoms with Gasteiger partial charge >= 0.3 is 0 Å². The number of sulfonamides is 1. The first-order valence-corrected chi connectivity index (χ1v) is 11.0. The van der Waals surface area contributed by atoms with Crippen molar-refractivity contribution in [3.05, 3.63) is 71.4 Å². The van der Waals surface area contributed by atoms with Gasteiger partial charge in [-0.05, 0) is 37.6 Å². The van der Waals surface area contributed by atoms with Crippen LogP contribution in [0.5, 0.6) is 0 Å². The number of carbonyl (C=O) groups excluding carboxylic acids is 1. The molecule has 1 aliphatic rings. The summed E-state index contributed by atoms with van der Waals surface area (Å²) in [5.74, 6) is -0.113. The van der Waals surface area contributed by atoms with Crippen molar-refractivity contribution in [2.24, 2.45) is 0 Å². The fourth-order valence-corrected chi connectivity index (χ4v) is 5.43. The highest BCUT2D eigenvalue weighted by Crippen LogP contribution is 2.23. The third kappa shape index (κ3) is 3.63. The van der Waals surface area contributed by atoms with Crippen LogP contribution in [0.3, 0.4) is 0 Å². The van der Waals surface area contributed by atoms with Gasteiger partial charge in [0.1, 0.15) is 0 Å². The molecule has 29 heavy (non-hydrogen) atoms. The van der Waals surface area contributed by atoms with Gasteiger partial charge in [0.05, 0.1) is 16.0 Å². The minimum Gasteiger partial charge on any atom is -0.336 e. The van der Waals surface area contributed by atoms with Gasteiger partial charge < -0.3 is 4.90 Å². The second-order valence-electron chi connectivity index (χ2n) is 7.35. The highest BCUT2D eigenvalue weighted by atomic mass is 32.2. The summed E-state index contributed by atoms with van der Waals surface area (Å²) in [4.78, 5) is 19.4. The molecule has 1 aromatic heterocycles. The summed E-state index contributed by atoms with van der Waals surface area (Å²) in [5, 5.41) is 0.911. The summed E-state index contributed by atoms with van der Waals surface area (Å²) >= 11 is 0. The fraction of sp³-hybridized carbons (Fsp3) is 0.273. The minimum absolute atomic E-state index is 0.113. The Morgan fingerprint density at radius 1 is 0.966 bits per heavy atom. The van der Waals surface area contributed by atoms with Gasteiger partial charge in [-0.1, -0.05) is 35.9 Å². The van der Waals surface area contributed by atoms with Crippen molar-refractivity contribution in [2.45, 2.75) is 18.7 Å². The first-order chi connectivity index (χ1) is 13.9. The van der Waals surface area contributed by atoms with Gasteiger partial charge in [-0.25, -0.2) is 8.42 Å². The molecule has 0 bridgehead atoms. The average molecular weight is 410 g/mol. The van der Waals surface area contributed by atoms with Crippen molar-refractivity contribution in [3.63, 3.8) is 0 Å². The number of amides is 1. The number of hydrogen-bond donors (Lipinski definition) is 0. The Labute approximate surface area is 170 Å². The summed E-state index contributed by atoms with van der Waals surface area (Å²) in [7, 11) is -3.57. The molecular weight excluding hydrogens is 386 g/mol. The molecule has 1 fully saturated rings. The van der Waals surface area contributed by atoms with Crippen LogP contribution in [0.1, 0.15) is 21.5 Å². The lowest BCUT2D eigenvalue weighted by Crippen LogP contribution is -2.50. The smallest absolute Gasteiger partial charge is 0.256 e. The highest BCUT2D eigenvalue weighted by molar-refractivity contribution is 7.89. The predicted molar refractivity (Wildman–Crippen MR) is 112 cm³/mol. The SMILES string of the molecule is Cc1ccc(S(=O)(=O)N2CCN(C(=O)c3cccc4cccnc34)CC2)c(C)c1. The number of aromatic nitrogens is 1. The molecule has 0 atom stereocenters. The van der Waals surface area contributed by atoms with E-state index in [9.17, 15) is 13.2 Å². The number of nitrogens with zero attached hydrogens (tertiary/aromatic N) is 3. The Balaban J connectivity index is 1.52.